The maximum absolute atomic E-state index is 12.2. The van der Waals surface area contributed by atoms with Crippen LogP contribution in [0.4, 0.5) is 24.5 Å². The first-order valence-electron chi connectivity index (χ1n) is 6.13. The largest absolute Gasteiger partial charge is 0.462 e. The average Bonchev–Trinajstić information content (AvgIpc) is 2.29. The number of anilines is 2. The van der Waals surface area contributed by atoms with Crippen molar-refractivity contribution in [2.75, 3.05) is 17.7 Å². The second-order valence-electron chi connectivity index (χ2n) is 4.39. The summed E-state index contributed by atoms with van der Waals surface area (Å²) in [6.07, 6.45) is -5.21. The Hall–Kier alpha value is -1.92. The highest BCUT2D eigenvalue weighted by Crippen LogP contribution is 2.26. The quantitative estimate of drug-likeness (QED) is 0.645. The SMILES string of the molecule is CCOC(=O)c1ccc(NC(C)CC(F)(F)F)c(N)c1. The molecule has 0 aliphatic heterocycles. The number of nitrogens with one attached hydrogen (secondary N) is 1. The zero-order valence-corrected chi connectivity index (χ0v) is 11.3. The number of benzene rings is 1. The molecule has 0 spiro atoms. The van der Waals surface area contributed by atoms with Crippen LogP contribution in [-0.2, 0) is 4.74 Å². The Balaban J connectivity index is 2.76. The molecular weight excluding hydrogens is 273 g/mol. The third-order valence-corrected chi connectivity index (χ3v) is 2.50. The van der Waals surface area contributed by atoms with E-state index < -0.39 is 24.6 Å². The van der Waals surface area contributed by atoms with Crippen molar-refractivity contribution in [3.8, 4) is 0 Å². The van der Waals surface area contributed by atoms with Crippen molar-refractivity contribution in [1.29, 1.82) is 0 Å². The maximum atomic E-state index is 12.2. The minimum atomic E-state index is -4.24. The molecule has 1 aromatic carbocycles. The number of esters is 1. The third kappa shape index (κ3) is 4.99. The van der Waals surface area contributed by atoms with Crippen LogP contribution >= 0.6 is 0 Å². The minimum absolute atomic E-state index is 0.199. The van der Waals surface area contributed by atoms with Crippen molar-refractivity contribution in [3.05, 3.63) is 23.8 Å². The van der Waals surface area contributed by atoms with E-state index in [2.05, 4.69) is 5.32 Å². The number of hydrogen-bond acceptors (Lipinski definition) is 4. The van der Waals surface area contributed by atoms with Gasteiger partial charge in [-0.1, -0.05) is 0 Å². The molecule has 0 radical (unpaired) electrons. The van der Waals surface area contributed by atoms with E-state index >= 15 is 0 Å². The number of halogens is 3. The van der Waals surface area contributed by atoms with Gasteiger partial charge in [-0.25, -0.2) is 4.79 Å². The second kappa shape index (κ2) is 6.49. The van der Waals surface area contributed by atoms with Gasteiger partial charge in [0.2, 0.25) is 0 Å². The number of nitrogens with two attached hydrogens (primary N) is 1. The Morgan fingerprint density at radius 3 is 2.60 bits per heavy atom. The van der Waals surface area contributed by atoms with Gasteiger partial charge in [-0.3, -0.25) is 0 Å². The standard InChI is InChI=1S/C13H17F3N2O2/c1-3-20-12(19)9-4-5-11(10(17)6-9)18-8(2)7-13(14,15)16/h4-6,8,18H,3,7,17H2,1-2H3. The Labute approximate surface area is 115 Å². The molecule has 4 nitrogen and oxygen atoms in total. The molecule has 20 heavy (non-hydrogen) atoms. The van der Waals surface area contributed by atoms with E-state index in [1.807, 2.05) is 0 Å². The predicted molar refractivity (Wildman–Crippen MR) is 70.6 cm³/mol. The van der Waals surface area contributed by atoms with Gasteiger partial charge in [-0.2, -0.15) is 13.2 Å². The van der Waals surface area contributed by atoms with E-state index in [1.165, 1.54) is 25.1 Å². The summed E-state index contributed by atoms with van der Waals surface area (Å²) in [5.74, 6) is -0.519. The highest BCUT2D eigenvalue weighted by Gasteiger charge is 2.30. The Kier molecular flexibility index (Phi) is 5.24. The zero-order chi connectivity index (χ0) is 15.3. The summed E-state index contributed by atoms with van der Waals surface area (Å²) < 4.78 is 41.5. The van der Waals surface area contributed by atoms with Gasteiger partial charge >= 0.3 is 12.1 Å². The molecule has 0 fully saturated rings. The first-order valence-corrected chi connectivity index (χ1v) is 6.13. The van der Waals surface area contributed by atoms with Crippen molar-refractivity contribution in [2.45, 2.75) is 32.5 Å². The van der Waals surface area contributed by atoms with E-state index in [4.69, 9.17) is 10.5 Å². The molecule has 0 saturated carbocycles. The fourth-order valence-corrected chi connectivity index (χ4v) is 1.70. The smallest absolute Gasteiger partial charge is 0.391 e. The molecule has 0 bridgehead atoms. The van der Waals surface area contributed by atoms with Crippen LogP contribution in [-0.4, -0.2) is 24.8 Å². The summed E-state index contributed by atoms with van der Waals surface area (Å²) in [6, 6.07) is 3.48. The van der Waals surface area contributed by atoms with Gasteiger partial charge in [0.15, 0.2) is 0 Å². The molecule has 0 heterocycles. The molecule has 0 aliphatic carbocycles. The fraction of sp³-hybridized carbons (Fsp3) is 0.462. The molecule has 1 unspecified atom stereocenters. The van der Waals surface area contributed by atoms with Gasteiger partial charge in [-0.05, 0) is 32.0 Å². The molecule has 0 saturated heterocycles. The molecule has 7 heteroatoms. The molecular formula is C13H17F3N2O2. The van der Waals surface area contributed by atoms with E-state index in [0.717, 1.165) is 0 Å². The van der Waals surface area contributed by atoms with Crippen LogP contribution in [0.25, 0.3) is 0 Å². The van der Waals surface area contributed by atoms with Gasteiger partial charge in [0.25, 0.3) is 0 Å². The van der Waals surface area contributed by atoms with Gasteiger partial charge in [0, 0.05) is 6.04 Å². The van der Waals surface area contributed by atoms with Crippen LogP contribution in [0.15, 0.2) is 18.2 Å². The van der Waals surface area contributed by atoms with Crippen molar-refractivity contribution >= 4 is 17.3 Å². The first-order chi connectivity index (χ1) is 9.23. The highest BCUT2D eigenvalue weighted by atomic mass is 19.4. The highest BCUT2D eigenvalue weighted by molar-refractivity contribution is 5.91. The molecule has 0 aliphatic rings. The molecule has 0 aromatic heterocycles. The number of ether oxygens (including phenoxy) is 1. The number of hydrogen-bond donors (Lipinski definition) is 2. The van der Waals surface area contributed by atoms with Crippen molar-refractivity contribution in [1.82, 2.24) is 0 Å². The fourth-order valence-electron chi connectivity index (χ4n) is 1.70. The maximum Gasteiger partial charge on any atom is 0.391 e. The molecule has 1 aromatic rings. The summed E-state index contributed by atoms with van der Waals surface area (Å²) in [4.78, 5) is 11.5. The lowest BCUT2D eigenvalue weighted by molar-refractivity contribution is -0.136. The molecule has 3 N–H and O–H groups in total. The monoisotopic (exact) mass is 290 g/mol. The molecule has 1 atom stereocenters. The van der Waals surface area contributed by atoms with Crippen LogP contribution in [0.1, 0.15) is 30.6 Å². The van der Waals surface area contributed by atoms with Gasteiger partial charge < -0.3 is 15.8 Å². The van der Waals surface area contributed by atoms with E-state index in [-0.39, 0.29) is 17.9 Å². The van der Waals surface area contributed by atoms with Crippen molar-refractivity contribution in [3.63, 3.8) is 0 Å². The number of nitrogen functional groups attached to an aromatic ring is 1. The normalized spacial score (nSPS) is 12.8. The Morgan fingerprint density at radius 2 is 2.10 bits per heavy atom. The Bertz CT molecular complexity index is 475. The number of alkyl halides is 3. The van der Waals surface area contributed by atoms with Crippen LogP contribution in [0.5, 0.6) is 0 Å². The summed E-state index contributed by atoms with van der Waals surface area (Å²) in [6.45, 7) is 3.32. The molecule has 1 rings (SSSR count). The van der Waals surface area contributed by atoms with E-state index in [1.54, 1.807) is 6.92 Å². The zero-order valence-electron chi connectivity index (χ0n) is 11.3. The van der Waals surface area contributed by atoms with E-state index in [0.29, 0.717) is 5.69 Å². The second-order valence-corrected chi connectivity index (χ2v) is 4.39. The number of carbonyl (C=O) groups excluding carboxylic acids is 1. The summed E-state index contributed by atoms with van der Waals surface area (Å²) >= 11 is 0. The lowest BCUT2D eigenvalue weighted by Gasteiger charge is -2.18. The molecule has 112 valence electrons. The minimum Gasteiger partial charge on any atom is -0.462 e. The number of carbonyl (C=O) groups is 1. The third-order valence-electron chi connectivity index (χ3n) is 2.50. The van der Waals surface area contributed by atoms with Crippen molar-refractivity contribution < 1.29 is 22.7 Å². The first kappa shape index (κ1) is 16.1. The van der Waals surface area contributed by atoms with Crippen molar-refractivity contribution in [2.24, 2.45) is 0 Å². The van der Waals surface area contributed by atoms with Crippen LogP contribution in [0.2, 0.25) is 0 Å². The van der Waals surface area contributed by atoms with Crippen LogP contribution in [0, 0.1) is 0 Å². The van der Waals surface area contributed by atoms with Gasteiger partial charge in [0.1, 0.15) is 0 Å². The summed E-state index contributed by atoms with van der Waals surface area (Å²) in [5, 5.41) is 2.67. The van der Waals surface area contributed by atoms with Gasteiger partial charge in [-0.15, -0.1) is 0 Å². The lowest BCUT2D eigenvalue weighted by Crippen LogP contribution is -2.24. The average molecular weight is 290 g/mol. The summed E-state index contributed by atoms with van der Waals surface area (Å²) in [7, 11) is 0. The molecule has 0 amide bonds. The van der Waals surface area contributed by atoms with Gasteiger partial charge in [0.05, 0.1) is 30.0 Å². The number of rotatable bonds is 5. The van der Waals surface area contributed by atoms with E-state index in [9.17, 15) is 18.0 Å². The lowest BCUT2D eigenvalue weighted by atomic mass is 10.1. The topological polar surface area (TPSA) is 64.3 Å². The van der Waals surface area contributed by atoms with Crippen LogP contribution < -0.4 is 11.1 Å². The van der Waals surface area contributed by atoms with Crippen LogP contribution in [0.3, 0.4) is 0 Å². The Morgan fingerprint density at radius 1 is 1.45 bits per heavy atom. The summed E-state index contributed by atoms with van der Waals surface area (Å²) in [5.41, 5.74) is 6.53. The predicted octanol–water partition coefficient (Wildman–Crippen LogP) is 3.20.